The number of hydrogen-bond donors (Lipinski definition) is 2. The van der Waals surface area contributed by atoms with Crippen LogP contribution in [0, 0.1) is 0 Å². The van der Waals surface area contributed by atoms with Crippen LogP contribution in [0.15, 0.2) is 6.20 Å². The molecule has 0 aromatic carbocycles. The van der Waals surface area contributed by atoms with Crippen LogP contribution in [-0.2, 0) is 4.79 Å². The average molecular weight is 279 g/mol. The van der Waals surface area contributed by atoms with Crippen LogP contribution in [0.1, 0.15) is 35.8 Å². The van der Waals surface area contributed by atoms with Gasteiger partial charge in [0.15, 0.2) is 5.69 Å². The molecule has 2 fully saturated rings. The molecule has 1 aromatic rings. The molecular formula is C12H17N5O3. The van der Waals surface area contributed by atoms with Gasteiger partial charge in [0.1, 0.15) is 6.04 Å². The number of carbonyl (C=O) groups excluding carboxylic acids is 1. The number of piperidine rings is 1. The van der Waals surface area contributed by atoms with Gasteiger partial charge in [-0.1, -0.05) is 5.21 Å². The largest absolute Gasteiger partial charge is 0.480 e. The van der Waals surface area contributed by atoms with Gasteiger partial charge in [0.05, 0.1) is 12.2 Å². The Bertz CT molecular complexity index is 525. The Balaban J connectivity index is 1.76. The number of amides is 1. The third-order valence-corrected chi connectivity index (χ3v) is 3.91. The summed E-state index contributed by atoms with van der Waals surface area (Å²) < 4.78 is 1.67. The van der Waals surface area contributed by atoms with Crippen molar-refractivity contribution in [2.75, 3.05) is 19.6 Å². The highest BCUT2D eigenvalue weighted by Crippen LogP contribution is 2.20. The van der Waals surface area contributed by atoms with Gasteiger partial charge in [0.2, 0.25) is 0 Å². The van der Waals surface area contributed by atoms with Crippen LogP contribution in [0.25, 0.3) is 0 Å². The zero-order valence-electron chi connectivity index (χ0n) is 11.0. The number of hydrogen-bond acceptors (Lipinski definition) is 5. The molecule has 1 aromatic heterocycles. The molecule has 2 N–H and O–H groups in total. The van der Waals surface area contributed by atoms with E-state index in [-0.39, 0.29) is 17.6 Å². The Morgan fingerprint density at radius 3 is 2.80 bits per heavy atom. The molecule has 2 aliphatic rings. The molecule has 2 aliphatic heterocycles. The molecule has 1 atom stereocenters. The Hall–Kier alpha value is -1.96. The predicted octanol–water partition coefficient (Wildman–Crippen LogP) is -0.498. The summed E-state index contributed by atoms with van der Waals surface area (Å²) in [5.74, 6) is -1.29. The van der Waals surface area contributed by atoms with E-state index in [1.807, 2.05) is 0 Å². The summed E-state index contributed by atoms with van der Waals surface area (Å²) in [6.07, 6.45) is 3.78. The van der Waals surface area contributed by atoms with Gasteiger partial charge in [-0.25, -0.2) is 9.48 Å². The average Bonchev–Trinajstić information content (AvgIpc) is 2.85. The third-order valence-electron chi connectivity index (χ3n) is 3.91. The number of aliphatic carboxylic acids is 1. The smallest absolute Gasteiger partial charge is 0.326 e. The molecule has 0 unspecified atom stereocenters. The quantitative estimate of drug-likeness (QED) is 0.774. The van der Waals surface area contributed by atoms with Crippen molar-refractivity contribution in [3.8, 4) is 0 Å². The molecule has 0 bridgehead atoms. The van der Waals surface area contributed by atoms with Crippen molar-refractivity contribution in [3.63, 3.8) is 0 Å². The fourth-order valence-electron chi connectivity index (χ4n) is 2.59. The zero-order valence-corrected chi connectivity index (χ0v) is 11.0. The van der Waals surface area contributed by atoms with Crippen LogP contribution in [0.2, 0.25) is 0 Å². The van der Waals surface area contributed by atoms with Gasteiger partial charge in [-0.05, 0) is 19.3 Å². The summed E-state index contributed by atoms with van der Waals surface area (Å²) in [5, 5.41) is 20.2. The third kappa shape index (κ3) is 2.26. The van der Waals surface area contributed by atoms with E-state index >= 15 is 0 Å². The lowest BCUT2D eigenvalue weighted by Gasteiger charge is -2.32. The van der Waals surface area contributed by atoms with E-state index in [4.69, 9.17) is 0 Å². The maximum atomic E-state index is 12.4. The van der Waals surface area contributed by atoms with Crippen molar-refractivity contribution in [1.29, 1.82) is 0 Å². The van der Waals surface area contributed by atoms with Crippen molar-refractivity contribution in [1.82, 2.24) is 25.2 Å². The van der Waals surface area contributed by atoms with Gasteiger partial charge in [-0.2, -0.15) is 0 Å². The lowest BCUT2D eigenvalue weighted by molar-refractivity contribution is -0.143. The molecule has 3 heterocycles. The van der Waals surface area contributed by atoms with Gasteiger partial charge < -0.3 is 15.3 Å². The van der Waals surface area contributed by atoms with Gasteiger partial charge >= 0.3 is 5.97 Å². The highest BCUT2D eigenvalue weighted by Gasteiger charge is 2.34. The summed E-state index contributed by atoms with van der Waals surface area (Å²) in [5.41, 5.74) is 0.227. The van der Waals surface area contributed by atoms with Gasteiger partial charge in [-0.3, -0.25) is 4.79 Å². The molecule has 108 valence electrons. The zero-order chi connectivity index (χ0) is 14.1. The first-order valence-corrected chi connectivity index (χ1v) is 6.83. The number of likely N-dealkylation sites (tertiary alicyclic amines) is 1. The molecule has 3 rings (SSSR count). The van der Waals surface area contributed by atoms with E-state index in [9.17, 15) is 14.7 Å². The summed E-state index contributed by atoms with van der Waals surface area (Å²) in [7, 11) is 0. The summed E-state index contributed by atoms with van der Waals surface area (Å²) in [6.45, 7) is 2.10. The van der Waals surface area contributed by atoms with Crippen LogP contribution < -0.4 is 5.32 Å². The van der Waals surface area contributed by atoms with Gasteiger partial charge in [-0.15, -0.1) is 5.10 Å². The molecule has 2 saturated heterocycles. The molecule has 0 saturated carbocycles. The van der Waals surface area contributed by atoms with E-state index in [1.165, 1.54) is 4.90 Å². The lowest BCUT2D eigenvalue weighted by atomic mass is 10.0. The van der Waals surface area contributed by atoms with E-state index in [0.717, 1.165) is 25.9 Å². The molecular weight excluding hydrogens is 262 g/mol. The topological polar surface area (TPSA) is 100 Å². The minimum Gasteiger partial charge on any atom is -0.480 e. The molecule has 0 radical (unpaired) electrons. The van der Waals surface area contributed by atoms with Crippen LogP contribution in [0.4, 0.5) is 0 Å². The highest BCUT2D eigenvalue weighted by molar-refractivity contribution is 5.94. The Labute approximate surface area is 115 Å². The molecule has 0 aliphatic carbocycles. The van der Waals surface area contributed by atoms with Gasteiger partial charge in [0.25, 0.3) is 5.91 Å². The maximum absolute atomic E-state index is 12.4. The van der Waals surface area contributed by atoms with Crippen molar-refractivity contribution in [2.24, 2.45) is 0 Å². The second-order valence-electron chi connectivity index (χ2n) is 5.24. The number of nitrogens with one attached hydrogen (secondary N) is 1. The number of carboxylic acid groups (broad SMARTS) is 1. The molecule has 8 nitrogen and oxygen atoms in total. The normalized spacial score (nSPS) is 23.4. The Kier molecular flexibility index (Phi) is 3.39. The minimum absolute atomic E-state index is 0.227. The highest BCUT2D eigenvalue weighted by atomic mass is 16.4. The fourth-order valence-corrected chi connectivity index (χ4v) is 2.59. The summed E-state index contributed by atoms with van der Waals surface area (Å²) in [6, 6.07) is -0.507. The second kappa shape index (κ2) is 5.20. The number of carbonyl (C=O) groups is 2. The standard InChI is InChI=1S/C12H17N5O3/c18-11(16-4-2-1-3-10(16)12(19)20)9-7-17(15-14-9)8-5-13-6-8/h7-8,10,13H,1-6H2,(H,19,20)/t10-/m1/s1. The van der Waals surface area contributed by atoms with Crippen molar-refractivity contribution in [2.45, 2.75) is 31.3 Å². The monoisotopic (exact) mass is 279 g/mol. The first kappa shape index (κ1) is 13.0. The number of aromatic nitrogens is 3. The molecule has 20 heavy (non-hydrogen) atoms. The minimum atomic E-state index is -0.950. The molecule has 0 spiro atoms. The first-order valence-electron chi connectivity index (χ1n) is 6.83. The Morgan fingerprint density at radius 1 is 1.35 bits per heavy atom. The fraction of sp³-hybridized carbons (Fsp3) is 0.667. The van der Waals surface area contributed by atoms with Crippen LogP contribution in [-0.4, -0.2) is 62.6 Å². The SMILES string of the molecule is O=C(O)[C@H]1CCCCN1C(=O)c1cn(C2CNC2)nn1. The first-order chi connectivity index (χ1) is 9.66. The van der Waals surface area contributed by atoms with Crippen LogP contribution in [0.5, 0.6) is 0 Å². The van der Waals surface area contributed by atoms with E-state index < -0.39 is 12.0 Å². The number of rotatable bonds is 3. The van der Waals surface area contributed by atoms with Crippen molar-refractivity contribution >= 4 is 11.9 Å². The second-order valence-corrected chi connectivity index (χ2v) is 5.24. The summed E-state index contributed by atoms with van der Waals surface area (Å²) in [4.78, 5) is 25.0. The Morgan fingerprint density at radius 2 is 2.15 bits per heavy atom. The van der Waals surface area contributed by atoms with E-state index in [1.54, 1.807) is 10.9 Å². The molecule has 8 heteroatoms. The van der Waals surface area contributed by atoms with Crippen molar-refractivity contribution < 1.29 is 14.7 Å². The summed E-state index contributed by atoms with van der Waals surface area (Å²) >= 11 is 0. The van der Waals surface area contributed by atoms with Crippen LogP contribution in [0.3, 0.4) is 0 Å². The lowest BCUT2D eigenvalue weighted by Crippen LogP contribution is -2.48. The maximum Gasteiger partial charge on any atom is 0.326 e. The number of nitrogens with zero attached hydrogens (tertiary/aromatic N) is 4. The van der Waals surface area contributed by atoms with E-state index in [2.05, 4.69) is 15.6 Å². The predicted molar refractivity (Wildman–Crippen MR) is 68.2 cm³/mol. The van der Waals surface area contributed by atoms with E-state index in [0.29, 0.717) is 13.0 Å². The number of carboxylic acids is 1. The van der Waals surface area contributed by atoms with Gasteiger partial charge in [0, 0.05) is 19.6 Å². The molecule has 1 amide bonds. The van der Waals surface area contributed by atoms with Crippen molar-refractivity contribution in [3.05, 3.63) is 11.9 Å². The van der Waals surface area contributed by atoms with Crippen LogP contribution >= 0.6 is 0 Å².